The van der Waals surface area contributed by atoms with Crippen LogP contribution in [0.2, 0.25) is 5.02 Å². The average molecular weight is 342 g/mol. The smallest absolute Gasteiger partial charge is 0.340 e. The van der Waals surface area contributed by atoms with Crippen LogP contribution in [0.1, 0.15) is 10.4 Å². The Balaban J connectivity index is 1.67. The maximum atomic E-state index is 12.2. The van der Waals surface area contributed by atoms with Crippen LogP contribution in [0.15, 0.2) is 54.9 Å². The number of ether oxygens (including phenoxy) is 1. The van der Waals surface area contributed by atoms with Crippen LogP contribution < -0.4 is 5.32 Å². The first-order chi connectivity index (χ1) is 11.6. The van der Waals surface area contributed by atoms with Gasteiger partial charge in [0.15, 0.2) is 6.61 Å². The summed E-state index contributed by atoms with van der Waals surface area (Å²) in [6.45, 7) is -0.430. The van der Waals surface area contributed by atoms with E-state index in [1.165, 1.54) is 12.4 Å². The van der Waals surface area contributed by atoms with Crippen LogP contribution in [-0.4, -0.2) is 28.5 Å². The van der Waals surface area contributed by atoms with E-state index < -0.39 is 18.5 Å². The van der Waals surface area contributed by atoms with E-state index in [9.17, 15) is 9.59 Å². The largest absolute Gasteiger partial charge is 0.452 e. The summed E-state index contributed by atoms with van der Waals surface area (Å²) in [6.07, 6.45) is 3.03. The van der Waals surface area contributed by atoms with E-state index in [0.717, 1.165) is 0 Å². The number of para-hydroxylation sites is 2. The fraction of sp³-hybridized carbons (Fsp3) is 0.0588. The number of aromatic nitrogens is 2. The summed E-state index contributed by atoms with van der Waals surface area (Å²) in [4.78, 5) is 32.3. The summed E-state index contributed by atoms with van der Waals surface area (Å²) < 4.78 is 5.05. The molecule has 0 atom stereocenters. The predicted molar refractivity (Wildman–Crippen MR) is 89.9 cm³/mol. The number of nitrogens with zero attached hydrogens (tertiary/aromatic N) is 2. The molecular formula is C17H12ClN3O3. The van der Waals surface area contributed by atoms with Crippen molar-refractivity contribution in [1.82, 2.24) is 9.97 Å². The topological polar surface area (TPSA) is 81.2 Å². The van der Waals surface area contributed by atoms with Gasteiger partial charge in [-0.3, -0.25) is 14.8 Å². The second-order valence-corrected chi connectivity index (χ2v) is 5.24. The lowest BCUT2D eigenvalue weighted by atomic mass is 10.2. The molecule has 3 rings (SSSR count). The van der Waals surface area contributed by atoms with Crippen molar-refractivity contribution in [2.24, 2.45) is 0 Å². The van der Waals surface area contributed by atoms with Crippen LogP contribution >= 0.6 is 11.6 Å². The zero-order valence-electron chi connectivity index (χ0n) is 12.4. The molecule has 0 aliphatic heterocycles. The zero-order chi connectivity index (χ0) is 16.9. The molecule has 0 spiro atoms. The molecule has 0 radical (unpaired) electrons. The predicted octanol–water partition coefficient (Wildman–Crippen LogP) is 3.08. The van der Waals surface area contributed by atoms with E-state index in [1.54, 1.807) is 42.5 Å². The summed E-state index contributed by atoms with van der Waals surface area (Å²) in [5.41, 5.74) is 1.71. The van der Waals surface area contributed by atoms with E-state index >= 15 is 0 Å². The molecule has 3 aromatic rings. The van der Waals surface area contributed by atoms with E-state index in [-0.39, 0.29) is 5.56 Å². The Kier molecular flexibility index (Phi) is 4.67. The third-order valence-electron chi connectivity index (χ3n) is 3.20. The Morgan fingerprint density at radius 1 is 1.04 bits per heavy atom. The van der Waals surface area contributed by atoms with Crippen molar-refractivity contribution < 1.29 is 14.3 Å². The molecule has 7 heteroatoms. The Labute approximate surface area is 142 Å². The summed E-state index contributed by atoms with van der Waals surface area (Å²) in [5, 5.41) is 2.98. The monoisotopic (exact) mass is 341 g/mol. The van der Waals surface area contributed by atoms with Crippen molar-refractivity contribution in [3.05, 3.63) is 65.4 Å². The van der Waals surface area contributed by atoms with Crippen molar-refractivity contribution >= 4 is 40.2 Å². The molecule has 0 unspecified atom stereocenters. The Morgan fingerprint density at radius 3 is 2.67 bits per heavy atom. The number of benzene rings is 2. The van der Waals surface area contributed by atoms with Crippen LogP contribution in [0.4, 0.5) is 5.69 Å². The number of halogens is 1. The second-order valence-electron chi connectivity index (χ2n) is 4.83. The number of hydrogen-bond acceptors (Lipinski definition) is 5. The fourth-order valence-corrected chi connectivity index (χ4v) is 2.30. The van der Waals surface area contributed by atoms with Gasteiger partial charge in [-0.1, -0.05) is 29.8 Å². The fourth-order valence-electron chi connectivity index (χ4n) is 2.12. The van der Waals surface area contributed by atoms with Gasteiger partial charge >= 0.3 is 5.97 Å². The molecule has 0 fully saturated rings. The van der Waals surface area contributed by atoms with Crippen molar-refractivity contribution in [3.63, 3.8) is 0 Å². The summed E-state index contributed by atoms with van der Waals surface area (Å²) in [7, 11) is 0. The highest BCUT2D eigenvalue weighted by Crippen LogP contribution is 2.20. The number of amides is 1. The molecule has 1 heterocycles. The Bertz CT molecular complexity index is 909. The number of carbonyl (C=O) groups excluding carboxylic acids is 2. The highest BCUT2D eigenvalue weighted by molar-refractivity contribution is 6.33. The molecule has 1 aromatic heterocycles. The molecule has 24 heavy (non-hydrogen) atoms. The molecule has 0 aliphatic carbocycles. The van der Waals surface area contributed by atoms with Crippen molar-refractivity contribution in [1.29, 1.82) is 0 Å². The molecule has 2 aromatic carbocycles. The average Bonchev–Trinajstić information content (AvgIpc) is 2.61. The zero-order valence-corrected chi connectivity index (χ0v) is 13.2. The molecular weight excluding hydrogens is 330 g/mol. The molecule has 0 bridgehead atoms. The SMILES string of the molecule is O=C(COC(=O)c1cccc2nccnc12)Nc1ccccc1Cl. The number of rotatable bonds is 4. The van der Waals surface area contributed by atoms with Gasteiger partial charge in [-0.25, -0.2) is 4.79 Å². The van der Waals surface area contributed by atoms with Crippen LogP contribution in [0.3, 0.4) is 0 Å². The van der Waals surface area contributed by atoms with Crippen LogP contribution in [0.5, 0.6) is 0 Å². The maximum absolute atomic E-state index is 12.2. The molecule has 1 amide bonds. The van der Waals surface area contributed by atoms with E-state index in [1.807, 2.05) is 0 Å². The van der Waals surface area contributed by atoms with Crippen molar-refractivity contribution in [3.8, 4) is 0 Å². The number of nitrogens with one attached hydrogen (secondary N) is 1. The van der Waals surface area contributed by atoms with E-state index in [4.69, 9.17) is 16.3 Å². The highest BCUT2D eigenvalue weighted by Gasteiger charge is 2.15. The third-order valence-corrected chi connectivity index (χ3v) is 3.53. The normalized spacial score (nSPS) is 10.4. The quantitative estimate of drug-likeness (QED) is 0.737. The third kappa shape index (κ3) is 3.49. The molecule has 1 N–H and O–H groups in total. The first-order valence-corrected chi connectivity index (χ1v) is 7.44. The maximum Gasteiger partial charge on any atom is 0.340 e. The number of carbonyl (C=O) groups is 2. The van der Waals surface area contributed by atoms with Gasteiger partial charge in [-0.2, -0.15) is 0 Å². The van der Waals surface area contributed by atoms with Gasteiger partial charge in [0.05, 0.1) is 21.8 Å². The lowest BCUT2D eigenvalue weighted by molar-refractivity contribution is -0.119. The van der Waals surface area contributed by atoms with E-state index in [0.29, 0.717) is 21.7 Å². The first-order valence-electron chi connectivity index (χ1n) is 7.06. The van der Waals surface area contributed by atoms with Crippen LogP contribution in [0, 0.1) is 0 Å². The van der Waals surface area contributed by atoms with Gasteiger partial charge in [-0.05, 0) is 24.3 Å². The molecule has 0 saturated carbocycles. The highest BCUT2D eigenvalue weighted by atomic mass is 35.5. The Morgan fingerprint density at radius 2 is 1.83 bits per heavy atom. The van der Waals surface area contributed by atoms with Crippen molar-refractivity contribution in [2.75, 3.05) is 11.9 Å². The number of anilines is 1. The summed E-state index contributed by atoms with van der Waals surface area (Å²) in [5.74, 6) is -1.13. The van der Waals surface area contributed by atoms with Gasteiger partial charge in [-0.15, -0.1) is 0 Å². The minimum absolute atomic E-state index is 0.256. The van der Waals surface area contributed by atoms with Gasteiger partial charge in [0.25, 0.3) is 5.91 Å². The standard InChI is InChI=1S/C17H12ClN3O3/c18-12-5-1-2-6-13(12)21-15(22)10-24-17(23)11-4-3-7-14-16(11)20-9-8-19-14/h1-9H,10H2,(H,21,22). The van der Waals surface area contributed by atoms with Crippen molar-refractivity contribution in [2.45, 2.75) is 0 Å². The molecule has 0 aliphatic rings. The molecule has 6 nitrogen and oxygen atoms in total. The number of fused-ring (bicyclic) bond motifs is 1. The minimum Gasteiger partial charge on any atom is -0.452 e. The number of esters is 1. The summed E-state index contributed by atoms with van der Waals surface area (Å²) in [6, 6.07) is 11.8. The van der Waals surface area contributed by atoms with Crippen LogP contribution in [0.25, 0.3) is 11.0 Å². The van der Waals surface area contributed by atoms with Crippen LogP contribution in [-0.2, 0) is 9.53 Å². The lowest BCUT2D eigenvalue weighted by Crippen LogP contribution is -2.21. The molecule has 0 saturated heterocycles. The Hall–Kier alpha value is -2.99. The first kappa shape index (κ1) is 15.9. The second kappa shape index (κ2) is 7.06. The lowest BCUT2D eigenvalue weighted by Gasteiger charge is -2.08. The van der Waals surface area contributed by atoms with Gasteiger partial charge < -0.3 is 10.1 Å². The molecule has 120 valence electrons. The number of hydrogen-bond donors (Lipinski definition) is 1. The van der Waals surface area contributed by atoms with Gasteiger partial charge in [0, 0.05) is 12.4 Å². The van der Waals surface area contributed by atoms with Gasteiger partial charge in [0.2, 0.25) is 0 Å². The van der Waals surface area contributed by atoms with E-state index in [2.05, 4.69) is 15.3 Å². The van der Waals surface area contributed by atoms with Gasteiger partial charge in [0.1, 0.15) is 5.52 Å². The minimum atomic E-state index is -0.643. The summed E-state index contributed by atoms with van der Waals surface area (Å²) >= 11 is 5.95.